The molecule has 3 aromatic carbocycles. The van der Waals surface area contributed by atoms with Crippen LogP contribution < -0.4 is 10.1 Å². The molecule has 6 nitrogen and oxygen atoms in total. The summed E-state index contributed by atoms with van der Waals surface area (Å²) in [4.78, 5) is 12.7. The summed E-state index contributed by atoms with van der Waals surface area (Å²) in [6, 6.07) is 18.8. The zero-order valence-corrected chi connectivity index (χ0v) is 20.1. The first-order chi connectivity index (χ1) is 16.9. The van der Waals surface area contributed by atoms with Crippen LogP contribution in [-0.4, -0.2) is 33.0 Å². The van der Waals surface area contributed by atoms with E-state index in [9.17, 15) is 13.6 Å². The van der Waals surface area contributed by atoms with Gasteiger partial charge in [-0.15, -0.1) is 10.2 Å². The Balaban J connectivity index is 1.31. The molecule has 0 aliphatic rings. The van der Waals surface area contributed by atoms with Crippen LogP contribution in [0.2, 0.25) is 0 Å². The van der Waals surface area contributed by atoms with Crippen LogP contribution in [0.25, 0.3) is 11.1 Å². The minimum atomic E-state index is -0.368. The second kappa shape index (κ2) is 11.1. The summed E-state index contributed by atoms with van der Waals surface area (Å²) in [6.07, 6.45) is 0. The average Bonchev–Trinajstić information content (AvgIpc) is 3.23. The van der Waals surface area contributed by atoms with Crippen LogP contribution in [0.5, 0.6) is 5.75 Å². The highest BCUT2D eigenvalue weighted by Gasteiger charge is 2.18. The molecule has 0 aliphatic carbocycles. The number of halogens is 2. The lowest BCUT2D eigenvalue weighted by Gasteiger charge is -2.14. The molecule has 0 aliphatic heterocycles. The summed E-state index contributed by atoms with van der Waals surface area (Å²) >= 11 is 1.47. The van der Waals surface area contributed by atoms with Gasteiger partial charge in [0, 0.05) is 18.4 Å². The van der Waals surface area contributed by atoms with E-state index < -0.39 is 0 Å². The third-order valence-corrected chi connectivity index (χ3v) is 6.29. The molecular formula is C26H24F2N4O2S. The average molecular weight is 495 g/mol. The Kier molecular flexibility index (Phi) is 7.77. The molecule has 4 aromatic rings. The maximum Gasteiger partial charge on any atom is 0.251 e. The summed E-state index contributed by atoms with van der Waals surface area (Å²) in [7, 11) is 1.84. The molecule has 1 amide bonds. The summed E-state index contributed by atoms with van der Waals surface area (Å²) in [5.41, 5.74) is 2.07. The predicted molar refractivity (Wildman–Crippen MR) is 131 cm³/mol. The Labute approximate surface area is 206 Å². The van der Waals surface area contributed by atoms with Crippen molar-refractivity contribution in [2.75, 3.05) is 12.4 Å². The molecule has 9 heteroatoms. The standard InChI is InChI=1S/C26H24F2N4O2S/c1-17(29-25(33)19-8-6-18(7-9-19)20-4-3-5-22(28)16-20)24-30-31-26(32(24)2)35-15-14-34-23-12-10-21(27)11-13-23/h3-13,16-17H,14-15H2,1-2H3,(H,29,33)/t17-/m1/s1. The van der Waals surface area contributed by atoms with E-state index >= 15 is 0 Å². The number of nitrogens with one attached hydrogen (secondary N) is 1. The highest BCUT2D eigenvalue weighted by molar-refractivity contribution is 7.99. The van der Waals surface area contributed by atoms with Crippen molar-refractivity contribution in [2.24, 2.45) is 7.05 Å². The molecule has 0 unspecified atom stereocenters. The van der Waals surface area contributed by atoms with Crippen molar-refractivity contribution in [3.63, 3.8) is 0 Å². The smallest absolute Gasteiger partial charge is 0.251 e. The normalized spacial score (nSPS) is 11.8. The molecular weight excluding hydrogens is 470 g/mol. The molecule has 1 N–H and O–H groups in total. The first kappa shape index (κ1) is 24.4. The monoisotopic (exact) mass is 494 g/mol. The quantitative estimate of drug-likeness (QED) is 0.249. The first-order valence-electron chi connectivity index (χ1n) is 11.0. The lowest BCUT2D eigenvalue weighted by molar-refractivity contribution is 0.0937. The molecule has 1 aromatic heterocycles. The van der Waals surface area contributed by atoms with Crippen molar-refractivity contribution in [2.45, 2.75) is 18.1 Å². The number of nitrogens with zero attached hydrogens (tertiary/aromatic N) is 3. The molecule has 4 rings (SSSR count). The van der Waals surface area contributed by atoms with Crippen LogP contribution in [0.3, 0.4) is 0 Å². The van der Waals surface area contributed by atoms with E-state index in [-0.39, 0.29) is 23.6 Å². The van der Waals surface area contributed by atoms with E-state index in [0.717, 1.165) is 11.1 Å². The Morgan fingerprint density at radius 3 is 2.46 bits per heavy atom. The Morgan fingerprint density at radius 2 is 1.74 bits per heavy atom. The Hall–Kier alpha value is -3.72. The van der Waals surface area contributed by atoms with Crippen molar-refractivity contribution in [3.05, 3.63) is 95.8 Å². The predicted octanol–water partition coefficient (Wildman–Crippen LogP) is 5.42. The van der Waals surface area contributed by atoms with E-state index in [1.165, 1.54) is 36.0 Å². The fraction of sp³-hybridized carbons (Fsp3) is 0.192. The number of carbonyl (C=O) groups is 1. The zero-order valence-electron chi connectivity index (χ0n) is 19.2. The van der Waals surface area contributed by atoms with Gasteiger partial charge in [0.2, 0.25) is 0 Å². The van der Waals surface area contributed by atoms with Gasteiger partial charge in [0.05, 0.1) is 12.6 Å². The number of carbonyl (C=O) groups excluding carboxylic acids is 1. The number of rotatable bonds is 9. The summed E-state index contributed by atoms with van der Waals surface area (Å²) < 4.78 is 33.9. The highest BCUT2D eigenvalue weighted by Crippen LogP contribution is 2.22. The van der Waals surface area contributed by atoms with Gasteiger partial charge in [-0.3, -0.25) is 4.79 Å². The summed E-state index contributed by atoms with van der Waals surface area (Å²) in [5, 5.41) is 12.1. The molecule has 0 saturated carbocycles. The van der Waals surface area contributed by atoms with Crippen LogP contribution in [0.15, 0.2) is 78.0 Å². The van der Waals surface area contributed by atoms with Crippen molar-refractivity contribution in [1.82, 2.24) is 20.1 Å². The molecule has 0 bridgehead atoms. The minimum absolute atomic E-state index is 0.242. The first-order valence-corrected chi connectivity index (χ1v) is 12.0. The maximum absolute atomic E-state index is 13.5. The van der Waals surface area contributed by atoms with Gasteiger partial charge in [-0.25, -0.2) is 8.78 Å². The number of amides is 1. The lowest BCUT2D eigenvalue weighted by Crippen LogP contribution is -2.28. The van der Waals surface area contributed by atoms with Crippen LogP contribution in [0.4, 0.5) is 8.78 Å². The van der Waals surface area contributed by atoms with Gasteiger partial charge >= 0.3 is 0 Å². The molecule has 1 atom stereocenters. The fourth-order valence-electron chi connectivity index (χ4n) is 3.48. The number of ether oxygens (including phenoxy) is 1. The SMILES string of the molecule is C[C@@H](NC(=O)c1ccc(-c2cccc(F)c2)cc1)c1nnc(SCCOc2ccc(F)cc2)n1C. The molecule has 0 saturated heterocycles. The van der Waals surface area contributed by atoms with Crippen molar-refractivity contribution in [3.8, 4) is 16.9 Å². The number of hydrogen-bond donors (Lipinski definition) is 1. The topological polar surface area (TPSA) is 69.0 Å². The number of aromatic nitrogens is 3. The van der Waals surface area contributed by atoms with E-state index in [1.54, 1.807) is 42.5 Å². The van der Waals surface area contributed by atoms with Gasteiger partial charge in [-0.05, 0) is 66.6 Å². The summed E-state index contributed by atoms with van der Waals surface area (Å²) in [6.45, 7) is 2.27. The second-order valence-corrected chi connectivity index (χ2v) is 8.90. The van der Waals surface area contributed by atoms with Crippen LogP contribution in [0.1, 0.15) is 29.1 Å². The van der Waals surface area contributed by atoms with Crippen molar-refractivity contribution >= 4 is 17.7 Å². The van der Waals surface area contributed by atoms with Gasteiger partial charge in [0.15, 0.2) is 11.0 Å². The number of hydrogen-bond acceptors (Lipinski definition) is 5. The molecule has 180 valence electrons. The van der Waals surface area contributed by atoms with Crippen LogP contribution >= 0.6 is 11.8 Å². The van der Waals surface area contributed by atoms with E-state index in [2.05, 4.69) is 15.5 Å². The van der Waals surface area contributed by atoms with Gasteiger partial charge < -0.3 is 14.6 Å². The summed E-state index contributed by atoms with van der Waals surface area (Å²) in [5.74, 6) is 0.998. The molecule has 0 fully saturated rings. The zero-order chi connectivity index (χ0) is 24.8. The van der Waals surface area contributed by atoms with E-state index in [0.29, 0.717) is 34.7 Å². The third kappa shape index (κ3) is 6.24. The maximum atomic E-state index is 13.5. The highest BCUT2D eigenvalue weighted by atomic mass is 32.2. The number of benzene rings is 3. The van der Waals surface area contributed by atoms with E-state index in [4.69, 9.17) is 4.74 Å². The Bertz CT molecular complexity index is 1290. The van der Waals surface area contributed by atoms with Crippen LogP contribution in [0, 0.1) is 11.6 Å². The molecule has 1 heterocycles. The molecule has 0 radical (unpaired) electrons. The van der Waals surface area contributed by atoms with Gasteiger partial charge in [0.25, 0.3) is 5.91 Å². The lowest BCUT2D eigenvalue weighted by atomic mass is 10.0. The molecule has 35 heavy (non-hydrogen) atoms. The fourth-order valence-corrected chi connectivity index (χ4v) is 4.21. The molecule has 0 spiro atoms. The largest absolute Gasteiger partial charge is 0.493 e. The minimum Gasteiger partial charge on any atom is -0.493 e. The second-order valence-electron chi connectivity index (χ2n) is 7.83. The third-order valence-electron chi connectivity index (χ3n) is 5.31. The van der Waals surface area contributed by atoms with E-state index in [1.807, 2.05) is 24.6 Å². The van der Waals surface area contributed by atoms with Gasteiger partial charge in [-0.2, -0.15) is 0 Å². The Morgan fingerprint density at radius 1 is 1.00 bits per heavy atom. The van der Waals surface area contributed by atoms with Gasteiger partial charge in [-0.1, -0.05) is 36.0 Å². The van der Waals surface area contributed by atoms with Gasteiger partial charge in [0.1, 0.15) is 17.4 Å². The van der Waals surface area contributed by atoms with Crippen molar-refractivity contribution in [1.29, 1.82) is 0 Å². The van der Waals surface area contributed by atoms with Crippen LogP contribution in [-0.2, 0) is 7.05 Å². The number of thioether (sulfide) groups is 1. The van der Waals surface area contributed by atoms with Crippen molar-refractivity contribution < 1.29 is 18.3 Å².